The zero-order valence-electron chi connectivity index (χ0n) is 12.5. The lowest BCUT2D eigenvalue weighted by Crippen LogP contribution is -2.35. The van der Waals surface area contributed by atoms with Crippen LogP contribution in [0.3, 0.4) is 0 Å². The normalized spacial score (nSPS) is 17.4. The summed E-state index contributed by atoms with van der Waals surface area (Å²) in [5.41, 5.74) is 11.1. The van der Waals surface area contributed by atoms with Gasteiger partial charge in [0.1, 0.15) is 0 Å². The van der Waals surface area contributed by atoms with Crippen molar-refractivity contribution >= 4 is 29.8 Å². The van der Waals surface area contributed by atoms with Crippen LogP contribution in [0.2, 0.25) is 0 Å². The molecule has 3 rings (SSSR count). The number of hydrogen-bond donors (Lipinski definition) is 3. The van der Waals surface area contributed by atoms with Crippen molar-refractivity contribution in [1.82, 2.24) is 15.5 Å². The fraction of sp³-hybridized carbons (Fsp3) is 0.500. The molecule has 0 bridgehead atoms. The summed E-state index contributed by atoms with van der Waals surface area (Å²) in [4.78, 5) is 16.6. The average Bonchev–Trinajstić information content (AvgIpc) is 3.18. The van der Waals surface area contributed by atoms with E-state index in [4.69, 9.17) is 16.0 Å². The van der Waals surface area contributed by atoms with Crippen molar-refractivity contribution in [3.05, 3.63) is 34.1 Å². The molecule has 0 aliphatic heterocycles. The lowest BCUT2D eigenvalue weighted by atomic mass is 9.99. The van der Waals surface area contributed by atoms with Crippen molar-refractivity contribution in [2.24, 2.45) is 11.5 Å². The highest BCUT2D eigenvalue weighted by Gasteiger charge is 2.36. The predicted octanol–water partition coefficient (Wildman–Crippen LogP) is 2.23. The second-order valence-corrected chi connectivity index (χ2v) is 6.63. The molecule has 126 valence electrons. The van der Waals surface area contributed by atoms with E-state index >= 15 is 0 Å². The maximum atomic E-state index is 11.2. The zero-order chi connectivity index (χ0) is 15.6. The molecule has 1 atom stereocenters. The van der Waals surface area contributed by atoms with Crippen molar-refractivity contribution in [2.75, 3.05) is 0 Å². The summed E-state index contributed by atoms with van der Waals surface area (Å²) in [6.45, 7) is 0. The Labute approximate surface area is 144 Å². The number of hydrogen-bond acceptors (Lipinski definition) is 6. The minimum Gasteiger partial charge on any atom is -0.352 e. The molecule has 0 spiro atoms. The topological polar surface area (TPSA) is 120 Å². The standard InChI is InChI=1S/C14H19N5O2S.ClH/c15-13(20)17-9(10-4-3-7-22-10)8-11-18-12(19-21-11)14(16)5-1-2-6-14;/h3-4,7,9H,1-2,5-6,8,16H2,(H3,15,17,20);1H. The van der Waals surface area contributed by atoms with Gasteiger partial charge < -0.3 is 21.3 Å². The molecule has 5 N–H and O–H groups in total. The molecular weight excluding hydrogens is 338 g/mol. The first-order chi connectivity index (χ1) is 10.6. The summed E-state index contributed by atoms with van der Waals surface area (Å²) >= 11 is 1.54. The van der Waals surface area contributed by atoms with E-state index in [1.165, 1.54) is 11.3 Å². The minimum atomic E-state index is -0.579. The minimum absolute atomic E-state index is 0. The van der Waals surface area contributed by atoms with Crippen LogP contribution in [-0.4, -0.2) is 16.2 Å². The number of nitrogens with two attached hydrogens (primary N) is 2. The summed E-state index contributed by atoms with van der Waals surface area (Å²) in [7, 11) is 0. The second-order valence-electron chi connectivity index (χ2n) is 5.66. The first-order valence-corrected chi connectivity index (χ1v) is 8.16. The molecule has 0 aromatic carbocycles. The summed E-state index contributed by atoms with van der Waals surface area (Å²) < 4.78 is 5.32. The Hall–Kier alpha value is -1.64. The van der Waals surface area contributed by atoms with E-state index in [9.17, 15) is 4.79 Å². The van der Waals surface area contributed by atoms with Gasteiger partial charge in [-0.05, 0) is 24.3 Å². The number of amides is 2. The number of aromatic nitrogens is 2. The largest absolute Gasteiger partial charge is 0.352 e. The molecule has 0 saturated heterocycles. The molecule has 1 aliphatic rings. The third-order valence-electron chi connectivity index (χ3n) is 3.99. The molecule has 2 aromatic rings. The third kappa shape index (κ3) is 4.01. The number of nitrogens with one attached hydrogen (secondary N) is 1. The Morgan fingerprint density at radius 2 is 2.22 bits per heavy atom. The Morgan fingerprint density at radius 1 is 1.48 bits per heavy atom. The van der Waals surface area contributed by atoms with Gasteiger partial charge in [0.15, 0.2) is 5.82 Å². The number of nitrogens with zero attached hydrogens (tertiary/aromatic N) is 2. The van der Waals surface area contributed by atoms with Crippen LogP contribution in [-0.2, 0) is 12.0 Å². The maximum absolute atomic E-state index is 11.2. The van der Waals surface area contributed by atoms with Crippen molar-refractivity contribution in [1.29, 1.82) is 0 Å². The monoisotopic (exact) mass is 357 g/mol. The third-order valence-corrected chi connectivity index (χ3v) is 4.98. The number of thiophene rings is 1. The molecule has 1 aliphatic carbocycles. The van der Waals surface area contributed by atoms with Crippen LogP contribution >= 0.6 is 23.7 Å². The summed E-state index contributed by atoms with van der Waals surface area (Å²) in [6.07, 6.45) is 4.31. The fourth-order valence-electron chi connectivity index (χ4n) is 2.83. The van der Waals surface area contributed by atoms with Gasteiger partial charge in [-0.25, -0.2) is 4.79 Å². The smallest absolute Gasteiger partial charge is 0.312 e. The Balaban J connectivity index is 0.00000192. The molecule has 2 amide bonds. The van der Waals surface area contributed by atoms with Crippen molar-refractivity contribution in [2.45, 2.75) is 43.7 Å². The first-order valence-electron chi connectivity index (χ1n) is 7.28. The van der Waals surface area contributed by atoms with Gasteiger partial charge in [0.2, 0.25) is 5.89 Å². The molecule has 1 fully saturated rings. The van der Waals surface area contributed by atoms with Gasteiger partial charge in [-0.1, -0.05) is 24.1 Å². The molecule has 7 nitrogen and oxygen atoms in total. The van der Waals surface area contributed by atoms with Crippen LogP contribution in [0, 0.1) is 0 Å². The molecule has 9 heteroatoms. The highest BCUT2D eigenvalue weighted by Crippen LogP contribution is 2.34. The Morgan fingerprint density at radius 3 is 2.83 bits per heavy atom. The molecule has 1 unspecified atom stereocenters. The van der Waals surface area contributed by atoms with Crippen LogP contribution in [0.15, 0.2) is 22.0 Å². The van der Waals surface area contributed by atoms with Crippen LogP contribution in [0.4, 0.5) is 4.79 Å². The first kappa shape index (κ1) is 17.7. The summed E-state index contributed by atoms with van der Waals surface area (Å²) in [5.74, 6) is 1.02. The van der Waals surface area contributed by atoms with E-state index in [0.29, 0.717) is 18.1 Å². The number of carbonyl (C=O) groups excluding carboxylic acids is 1. The number of rotatable bonds is 5. The van der Waals surface area contributed by atoms with Crippen molar-refractivity contribution in [3.8, 4) is 0 Å². The van der Waals surface area contributed by atoms with Gasteiger partial charge in [-0.3, -0.25) is 0 Å². The van der Waals surface area contributed by atoms with Gasteiger partial charge in [0.25, 0.3) is 0 Å². The predicted molar refractivity (Wildman–Crippen MR) is 89.4 cm³/mol. The van der Waals surface area contributed by atoms with Crippen molar-refractivity contribution < 1.29 is 9.32 Å². The van der Waals surface area contributed by atoms with E-state index in [1.54, 1.807) is 0 Å². The van der Waals surface area contributed by atoms with E-state index < -0.39 is 11.6 Å². The van der Waals surface area contributed by atoms with Crippen LogP contribution in [0.25, 0.3) is 0 Å². The molecule has 23 heavy (non-hydrogen) atoms. The van der Waals surface area contributed by atoms with Crippen LogP contribution in [0.5, 0.6) is 0 Å². The lowest BCUT2D eigenvalue weighted by molar-refractivity contribution is 0.244. The number of primary amides is 1. The Bertz CT molecular complexity index is 639. The van der Waals surface area contributed by atoms with E-state index in [-0.39, 0.29) is 18.4 Å². The highest BCUT2D eigenvalue weighted by atomic mass is 35.5. The van der Waals surface area contributed by atoms with Crippen LogP contribution < -0.4 is 16.8 Å². The molecular formula is C14H20ClN5O2S. The van der Waals surface area contributed by atoms with E-state index in [1.807, 2.05) is 17.5 Å². The second kappa shape index (κ2) is 7.29. The Kier molecular flexibility index (Phi) is 5.61. The lowest BCUT2D eigenvalue weighted by Gasteiger charge is -2.18. The number of carbonyl (C=O) groups is 1. The van der Waals surface area contributed by atoms with Gasteiger partial charge in [0, 0.05) is 4.88 Å². The zero-order valence-corrected chi connectivity index (χ0v) is 14.2. The van der Waals surface area contributed by atoms with Crippen molar-refractivity contribution in [3.63, 3.8) is 0 Å². The van der Waals surface area contributed by atoms with E-state index in [2.05, 4.69) is 15.5 Å². The molecule has 2 aromatic heterocycles. The summed E-state index contributed by atoms with van der Waals surface area (Å²) in [5, 5.41) is 8.68. The SMILES string of the molecule is Cl.NC(=O)NC(Cc1nc(C2(N)CCCC2)no1)c1cccs1. The number of halogens is 1. The maximum Gasteiger partial charge on any atom is 0.312 e. The summed E-state index contributed by atoms with van der Waals surface area (Å²) in [6, 6.07) is 3.00. The fourth-order valence-corrected chi connectivity index (χ4v) is 3.61. The average molecular weight is 358 g/mol. The molecule has 0 radical (unpaired) electrons. The van der Waals surface area contributed by atoms with Gasteiger partial charge in [-0.15, -0.1) is 23.7 Å². The van der Waals surface area contributed by atoms with Gasteiger partial charge in [0.05, 0.1) is 18.0 Å². The van der Waals surface area contributed by atoms with Gasteiger partial charge >= 0.3 is 6.03 Å². The van der Waals surface area contributed by atoms with Gasteiger partial charge in [-0.2, -0.15) is 4.98 Å². The van der Waals surface area contributed by atoms with Crippen LogP contribution in [0.1, 0.15) is 48.3 Å². The quantitative estimate of drug-likeness (QED) is 0.757. The molecule has 2 heterocycles. The highest BCUT2D eigenvalue weighted by molar-refractivity contribution is 7.10. The van der Waals surface area contributed by atoms with E-state index in [0.717, 1.165) is 30.6 Å². The molecule has 1 saturated carbocycles. The number of urea groups is 1.